The summed E-state index contributed by atoms with van der Waals surface area (Å²) in [4.78, 5) is 11.5. The highest BCUT2D eigenvalue weighted by molar-refractivity contribution is 6.06. The molecule has 136 valence electrons. The lowest BCUT2D eigenvalue weighted by atomic mass is 10.0. The van der Waals surface area contributed by atoms with Gasteiger partial charge in [0.2, 0.25) is 11.6 Å². The molecule has 1 aliphatic heterocycles. The van der Waals surface area contributed by atoms with Crippen molar-refractivity contribution in [2.24, 2.45) is 0 Å². The van der Waals surface area contributed by atoms with E-state index in [1.54, 1.807) is 0 Å². The Morgan fingerprint density at radius 2 is 1.15 bits per heavy atom. The molecule has 0 fully saturated rings. The molecular weight excluding hydrogens is 380 g/mol. The van der Waals surface area contributed by atoms with Gasteiger partial charge in [0.15, 0.2) is 40.7 Å². The number of halogens is 8. The maximum Gasteiger partial charge on any atom is 0.347 e. The van der Waals surface area contributed by atoms with Gasteiger partial charge in [0, 0.05) is 0 Å². The molecule has 0 saturated heterocycles. The van der Waals surface area contributed by atoms with Crippen molar-refractivity contribution in [2.45, 2.75) is 0 Å². The van der Waals surface area contributed by atoms with Crippen LogP contribution in [0.4, 0.5) is 35.1 Å². The molecule has 2 aromatic rings. The molecule has 1 heterocycles. The standard InChI is InChI=1S/C15H2F8O3/c16-6-2(7(17)11(21)12(22)10(6)20)1-3-4-5(15(25)26-3)8(18)13(23)14(24)9(4)19/h1,24H/b3-1-. The number of benzene rings is 2. The van der Waals surface area contributed by atoms with E-state index in [1.165, 1.54) is 0 Å². The SMILES string of the molecule is O=C1O/C(=C\c2c(F)c(F)c(F)c(F)c2F)c2c(F)c(O)c(F)c(F)c21. The van der Waals surface area contributed by atoms with Gasteiger partial charge in [-0.15, -0.1) is 0 Å². The highest BCUT2D eigenvalue weighted by Gasteiger charge is 2.38. The number of rotatable bonds is 1. The van der Waals surface area contributed by atoms with Gasteiger partial charge in [-0.2, -0.15) is 4.39 Å². The predicted octanol–water partition coefficient (Wildman–Crippen LogP) is 4.17. The van der Waals surface area contributed by atoms with Crippen LogP contribution in [0.15, 0.2) is 0 Å². The molecule has 3 rings (SSSR count). The molecule has 0 unspecified atom stereocenters. The Balaban J connectivity index is 2.33. The van der Waals surface area contributed by atoms with E-state index < -0.39 is 80.7 Å². The van der Waals surface area contributed by atoms with Crippen LogP contribution in [-0.2, 0) is 4.74 Å². The molecule has 0 saturated carbocycles. The number of ether oxygens (including phenoxy) is 1. The van der Waals surface area contributed by atoms with Crippen LogP contribution in [0.5, 0.6) is 5.75 Å². The summed E-state index contributed by atoms with van der Waals surface area (Å²) in [6, 6.07) is 0. The molecule has 1 N–H and O–H groups in total. The molecule has 0 bridgehead atoms. The fourth-order valence-electron chi connectivity index (χ4n) is 2.25. The van der Waals surface area contributed by atoms with E-state index in [0.717, 1.165) is 0 Å². The maximum absolute atomic E-state index is 14.0. The number of esters is 1. The third-order valence-electron chi connectivity index (χ3n) is 3.47. The predicted molar refractivity (Wildman–Crippen MR) is 67.5 cm³/mol. The van der Waals surface area contributed by atoms with Crippen LogP contribution in [0.2, 0.25) is 0 Å². The quantitative estimate of drug-likeness (QED) is 0.349. The number of hydrogen-bond acceptors (Lipinski definition) is 3. The zero-order valence-electron chi connectivity index (χ0n) is 11.9. The summed E-state index contributed by atoms with van der Waals surface area (Å²) < 4.78 is 112. The summed E-state index contributed by atoms with van der Waals surface area (Å²) in [7, 11) is 0. The molecule has 11 heteroatoms. The van der Waals surface area contributed by atoms with Gasteiger partial charge < -0.3 is 9.84 Å². The van der Waals surface area contributed by atoms with Crippen molar-refractivity contribution in [3.8, 4) is 5.75 Å². The number of carbonyl (C=O) groups is 1. The van der Waals surface area contributed by atoms with Gasteiger partial charge in [0.05, 0.1) is 11.1 Å². The Kier molecular flexibility index (Phi) is 3.89. The highest BCUT2D eigenvalue weighted by atomic mass is 19.2. The fraction of sp³-hybridized carbons (Fsp3) is 0. The number of cyclic esters (lactones) is 1. The average molecular weight is 382 g/mol. The Hall–Kier alpha value is -3.11. The first-order chi connectivity index (χ1) is 12.1. The summed E-state index contributed by atoms with van der Waals surface area (Å²) in [5.41, 5.74) is -4.22. The number of fused-ring (bicyclic) bond motifs is 1. The van der Waals surface area contributed by atoms with E-state index in [4.69, 9.17) is 5.11 Å². The van der Waals surface area contributed by atoms with Crippen LogP contribution in [0.3, 0.4) is 0 Å². The normalized spacial score (nSPS) is 14.8. The topological polar surface area (TPSA) is 46.5 Å². The first-order valence-electron chi connectivity index (χ1n) is 6.43. The molecule has 0 aliphatic carbocycles. The Labute approximate surface area is 137 Å². The van der Waals surface area contributed by atoms with Crippen molar-refractivity contribution in [3.05, 3.63) is 63.2 Å². The largest absolute Gasteiger partial charge is 0.503 e. The molecule has 2 aromatic carbocycles. The second-order valence-corrected chi connectivity index (χ2v) is 4.92. The van der Waals surface area contributed by atoms with E-state index in [2.05, 4.69) is 4.74 Å². The first-order valence-corrected chi connectivity index (χ1v) is 6.43. The summed E-state index contributed by atoms with van der Waals surface area (Å²) in [5, 5.41) is 9.15. The fourth-order valence-corrected chi connectivity index (χ4v) is 2.25. The molecule has 0 aromatic heterocycles. The molecule has 0 atom stereocenters. The Bertz CT molecular complexity index is 1000. The molecule has 26 heavy (non-hydrogen) atoms. The van der Waals surface area contributed by atoms with Crippen LogP contribution in [0.25, 0.3) is 11.8 Å². The molecule has 3 nitrogen and oxygen atoms in total. The van der Waals surface area contributed by atoms with Crippen molar-refractivity contribution in [1.82, 2.24) is 0 Å². The zero-order chi connectivity index (χ0) is 19.5. The summed E-state index contributed by atoms with van der Waals surface area (Å²) >= 11 is 0. The van der Waals surface area contributed by atoms with E-state index in [0.29, 0.717) is 0 Å². The monoisotopic (exact) mass is 382 g/mol. The highest BCUT2D eigenvalue weighted by Crippen LogP contribution is 2.41. The van der Waals surface area contributed by atoms with E-state index in [1.807, 2.05) is 0 Å². The van der Waals surface area contributed by atoms with Gasteiger partial charge in [-0.25, -0.2) is 35.5 Å². The first kappa shape index (κ1) is 17.7. The summed E-state index contributed by atoms with van der Waals surface area (Å²) in [5.74, 6) is -22.7. The van der Waals surface area contributed by atoms with E-state index in [-0.39, 0.29) is 6.08 Å². The summed E-state index contributed by atoms with van der Waals surface area (Å²) in [6.45, 7) is 0. The molecular formula is C15H2F8O3. The van der Waals surface area contributed by atoms with Crippen LogP contribution < -0.4 is 0 Å². The van der Waals surface area contributed by atoms with Crippen molar-refractivity contribution >= 4 is 17.8 Å². The lowest BCUT2D eigenvalue weighted by Gasteiger charge is -2.07. The van der Waals surface area contributed by atoms with Gasteiger partial charge >= 0.3 is 5.97 Å². The number of aromatic hydroxyl groups is 1. The van der Waals surface area contributed by atoms with E-state index in [9.17, 15) is 39.9 Å². The smallest absolute Gasteiger partial charge is 0.347 e. The number of phenolic OH excluding ortho intramolecular Hbond substituents is 1. The van der Waals surface area contributed by atoms with Crippen molar-refractivity contribution in [2.75, 3.05) is 0 Å². The number of phenols is 1. The van der Waals surface area contributed by atoms with Crippen LogP contribution in [0.1, 0.15) is 21.5 Å². The minimum Gasteiger partial charge on any atom is -0.503 e. The van der Waals surface area contributed by atoms with Gasteiger partial charge in [-0.05, 0) is 6.08 Å². The van der Waals surface area contributed by atoms with Gasteiger partial charge in [0.25, 0.3) is 0 Å². The second kappa shape index (κ2) is 5.71. The molecule has 1 aliphatic rings. The Morgan fingerprint density at radius 3 is 1.69 bits per heavy atom. The average Bonchev–Trinajstić information content (AvgIpc) is 2.94. The Morgan fingerprint density at radius 1 is 0.654 bits per heavy atom. The van der Waals surface area contributed by atoms with Crippen molar-refractivity contribution in [1.29, 1.82) is 0 Å². The van der Waals surface area contributed by atoms with Gasteiger partial charge in [-0.3, -0.25) is 0 Å². The zero-order valence-corrected chi connectivity index (χ0v) is 11.9. The van der Waals surface area contributed by atoms with Crippen LogP contribution >= 0.6 is 0 Å². The minimum atomic E-state index is -2.47. The lowest BCUT2D eigenvalue weighted by Crippen LogP contribution is -2.04. The maximum atomic E-state index is 14.0. The van der Waals surface area contributed by atoms with Crippen LogP contribution in [-0.4, -0.2) is 11.1 Å². The number of hydrogen-bond donors (Lipinski definition) is 1. The van der Waals surface area contributed by atoms with Crippen LogP contribution in [0, 0.1) is 46.5 Å². The minimum absolute atomic E-state index is 0.0276. The van der Waals surface area contributed by atoms with E-state index >= 15 is 0 Å². The lowest BCUT2D eigenvalue weighted by molar-refractivity contribution is 0.0712. The van der Waals surface area contributed by atoms with Crippen molar-refractivity contribution in [3.63, 3.8) is 0 Å². The molecule has 0 spiro atoms. The number of carbonyl (C=O) groups excluding carboxylic acids is 1. The second-order valence-electron chi connectivity index (χ2n) is 4.92. The molecule has 0 amide bonds. The summed E-state index contributed by atoms with van der Waals surface area (Å²) in [6.07, 6.45) is 0.0276. The third-order valence-corrected chi connectivity index (χ3v) is 3.47. The molecule has 0 radical (unpaired) electrons. The van der Waals surface area contributed by atoms with Gasteiger partial charge in [0.1, 0.15) is 11.3 Å². The van der Waals surface area contributed by atoms with Crippen molar-refractivity contribution < 1.29 is 49.8 Å². The van der Waals surface area contributed by atoms with Gasteiger partial charge in [-0.1, -0.05) is 0 Å². The third kappa shape index (κ3) is 2.23.